The molecular formula is C18H19ClN4O2. The summed E-state index contributed by atoms with van der Waals surface area (Å²) in [6.45, 7) is 4.04. The summed E-state index contributed by atoms with van der Waals surface area (Å²) in [5.74, 6) is -0.237. The van der Waals surface area contributed by atoms with E-state index in [0.717, 1.165) is 13.1 Å². The number of amides is 1. The van der Waals surface area contributed by atoms with Crippen molar-refractivity contribution in [3.8, 4) is 6.07 Å². The van der Waals surface area contributed by atoms with Crippen molar-refractivity contribution in [1.82, 2.24) is 15.6 Å². The van der Waals surface area contributed by atoms with Crippen LogP contribution in [-0.4, -0.2) is 42.1 Å². The van der Waals surface area contributed by atoms with Crippen molar-refractivity contribution < 1.29 is 9.53 Å². The molecule has 0 radical (unpaired) electrons. The van der Waals surface area contributed by atoms with Crippen LogP contribution in [0.5, 0.6) is 0 Å². The average Bonchev–Trinajstić information content (AvgIpc) is 2.62. The molecule has 2 aliphatic rings. The van der Waals surface area contributed by atoms with E-state index in [1.165, 1.54) is 6.07 Å². The minimum Gasteiger partial charge on any atom is -0.375 e. The van der Waals surface area contributed by atoms with Gasteiger partial charge in [0.1, 0.15) is 11.8 Å². The quantitative estimate of drug-likeness (QED) is 0.802. The van der Waals surface area contributed by atoms with Crippen LogP contribution in [0.25, 0.3) is 0 Å². The molecule has 7 heteroatoms. The molecule has 1 amide bonds. The summed E-state index contributed by atoms with van der Waals surface area (Å²) in [6.07, 6.45) is 5.67. The number of carbonyl (C=O) groups is 1. The number of rotatable bonds is 3. The van der Waals surface area contributed by atoms with Gasteiger partial charge in [-0.15, -0.1) is 11.6 Å². The predicted molar refractivity (Wildman–Crippen MR) is 94.1 cm³/mol. The average molecular weight is 359 g/mol. The molecule has 0 saturated carbocycles. The van der Waals surface area contributed by atoms with E-state index in [1.807, 2.05) is 24.3 Å². The van der Waals surface area contributed by atoms with E-state index in [9.17, 15) is 4.79 Å². The van der Waals surface area contributed by atoms with Crippen molar-refractivity contribution in [1.29, 1.82) is 5.26 Å². The molecular weight excluding hydrogens is 340 g/mol. The fraction of sp³-hybridized carbons (Fsp3) is 0.389. The van der Waals surface area contributed by atoms with E-state index in [2.05, 4.69) is 15.6 Å². The Kier molecular flexibility index (Phi) is 5.49. The van der Waals surface area contributed by atoms with E-state index < -0.39 is 0 Å². The maximum atomic E-state index is 12.4. The normalized spacial score (nSPS) is 25.8. The van der Waals surface area contributed by atoms with Gasteiger partial charge in [0.05, 0.1) is 18.1 Å². The molecule has 3 rings (SSSR count). The Morgan fingerprint density at radius 1 is 1.52 bits per heavy atom. The van der Waals surface area contributed by atoms with Crippen LogP contribution >= 0.6 is 11.6 Å². The van der Waals surface area contributed by atoms with Crippen LogP contribution in [-0.2, 0) is 4.74 Å². The van der Waals surface area contributed by atoms with Gasteiger partial charge in [0.25, 0.3) is 5.91 Å². The van der Waals surface area contributed by atoms with E-state index in [0.29, 0.717) is 23.6 Å². The first-order valence-electron chi connectivity index (χ1n) is 8.13. The van der Waals surface area contributed by atoms with Gasteiger partial charge in [0.2, 0.25) is 0 Å². The molecule has 3 atom stereocenters. The van der Waals surface area contributed by atoms with E-state index in [4.69, 9.17) is 21.6 Å². The SMILES string of the molecule is Cc1cc(C(=O)NC2=CC(Cl)C([C@H]3CNCCO3)C=C2)cc(C#N)n1. The number of alkyl halides is 1. The predicted octanol–water partition coefficient (Wildman–Crippen LogP) is 1.66. The van der Waals surface area contributed by atoms with Crippen LogP contribution in [0.3, 0.4) is 0 Å². The van der Waals surface area contributed by atoms with Gasteiger partial charge in [0.15, 0.2) is 0 Å². The highest BCUT2D eigenvalue weighted by molar-refractivity contribution is 6.22. The summed E-state index contributed by atoms with van der Waals surface area (Å²) in [5, 5.41) is 14.8. The Balaban J connectivity index is 1.68. The minimum atomic E-state index is -0.296. The van der Waals surface area contributed by atoms with Gasteiger partial charge >= 0.3 is 0 Å². The fourth-order valence-electron chi connectivity index (χ4n) is 2.96. The number of nitriles is 1. The molecule has 2 heterocycles. The second kappa shape index (κ2) is 7.79. The highest BCUT2D eigenvalue weighted by Crippen LogP contribution is 2.26. The van der Waals surface area contributed by atoms with Crippen molar-refractivity contribution >= 4 is 17.5 Å². The number of pyridine rings is 1. The molecule has 0 bridgehead atoms. The van der Waals surface area contributed by atoms with Crippen LogP contribution in [0.1, 0.15) is 21.7 Å². The third kappa shape index (κ3) is 4.26. The lowest BCUT2D eigenvalue weighted by Gasteiger charge is -2.32. The number of allylic oxidation sites excluding steroid dienone is 2. The molecule has 0 aromatic carbocycles. The lowest BCUT2D eigenvalue weighted by atomic mass is 9.92. The van der Waals surface area contributed by atoms with Gasteiger partial charge in [-0.05, 0) is 31.2 Å². The zero-order valence-corrected chi connectivity index (χ0v) is 14.6. The van der Waals surface area contributed by atoms with Gasteiger partial charge in [-0.3, -0.25) is 4.79 Å². The van der Waals surface area contributed by atoms with Gasteiger partial charge in [-0.1, -0.05) is 6.08 Å². The first-order valence-corrected chi connectivity index (χ1v) is 8.57. The van der Waals surface area contributed by atoms with Gasteiger partial charge in [0, 0.05) is 36.0 Å². The number of halogens is 1. The number of nitrogens with one attached hydrogen (secondary N) is 2. The molecule has 1 fully saturated rings. The topological polar surface area (TPSA) is 87.0 Å². The van der Waals surface area contributed by atoms with Gasteiger partial charge in [-0.25, -0.2) is 4.98 Å². The highest BCUT2D eigenvalue weighted by atomic mass is 35.5. The van der Waals surface area contributed by atoms with Crippen molar-refractivity contribution in [3.63, 3.8) is 0 Å². The third-order valence-electron chi connectivity index (χ3n) is 4.18. The lowest BCUT2D eigenvalue weighted by molar-refractivity contribution is 0.00430. The summed E-state index contributed by atoms with van der Waals surface area (Å²) in [5.41, 5.74) is 1.87. The fourth-order valence-corrected chi connectivity index (χ4v) is 3.35. The highest BCUT2D eigenvalue weighted by Gasteiger charge is 2.29. The number of nitrogens with zero attached hydrogens (tertiary/aromatic N) is 2. The summed E-state index contributed by atoms with van der Waals surface area (Å²) < 4.78 is 5.76. The number of hydrogen-bond donors (Lipinski definition) is 2. The van der Waals surface area contributed by atoms with Crippen LogP contribution in [0.4, 0.5) is 0 Å². The van der Waals surface area contributed by atoms with Gasteiger partial charge < -0.3 is 15.4 Å². The summed E-state index contributed by atoms with van der Waals surface area (Å²) in [4.78, 5) is 16.5. The molecule has 130 valence electrons. The second-order valence-electron chi connectivity index (χ2n) is 6.06. The Morgan fingerprint density at radius 3 is 3.04 bits per heavy atom. The first kappa shape index (κ1) is 17.6. The first-order chi connectivity index (χ1) is 12.1. The zero-order valence-electron chi connectivity index (χ0n) is 13.8. The van der Waals surface area contributed by atoms with Gasteiger partial charge in [-0.2, -0.15) is 5.26 Å². The molecule has 1 aliphatic heterocycles. The summed E-state index contributed by atoms with van der Waals surface area (Å²) >= 11 is 6.47. The molecule has 0 spiro atoms. The van der Waals surface area contributed by atoms with E-state index in [-0.39, 0.29) is 29.0 Å². The standard InChI is InChI=1S/C18H19ClN4O2/c1-11-6-12(7-14(9-20)22-11)18(24)23-13-2-3-15(16(19)8-13)17-10-21-4-5-25-17/h2-3,6-8,15-17,21H,4-5,10H2,1H3,(H,23,24)/t15?,16?,17-/m1/s1. The van der Waals surface area contributed by atoms with Crippen LogP contribution in [0, 0.1) is 24.2 Å². The number of morpholine rings is 1. The smallest absolute Gasteiger partial charge is 0.255 e. The maximum Gasteiger partial charge on any atom is 0.255 e. The van der Waals surface area contributed by atoms with Crippen molar-refractivity contribution in [3.05, 3.63) is 53.0 Å². The Labute approximate surface area is 151 Å². The largest absolute Gasteiger partial charge is 0.375 e. The number of ether oxygens (including phenoxy) is 1. The second-order valence-corrected chi connectivity index (χ2v) is 6.57. The molecule has 25 heavy (non-hydrogen) atoms. The molecule has 6 nitrogen and oxygen atoms in total. The molecule has 1 saturated heterocycles. The van der Waals surface area contributed by atoms with Crippen LogP contribution in [0.15, 0.2) is 36.1 Å². The number of aryl methyl sites for hydroxylation is 1. The molecule has 2 unspecified atom stereocenters. The Bertz CT molecular complexity index is 763. The van der Waals surface area contributed by atoms with Crippen molar-refractivity contribution in [2.75, 3.05) is 19.7 Å². The number of hydrogen-bond acceptors (Lipinski definition) is 5. The Morgan fingerprint density at radius 2 is 2.36 bits per heavy atom. The molecule has 1 aliphatic carbocycles. The van der Waals surface area contributed by atoms with Crippen LogP contribution < -0.4 is 10.6 Å². The van der Waals surface area contributed by atoms with E-state index >= 15 is 0 Å². The number of carbonyl (C=O) groups excluding carboxylic acids is 1. The minimum absolute atomic E-state index is 0.0297. The molecule has 2 N–H and O–H groups in total. The van der Waals surface area contributed by atoms with Crippen LogP contribution in [0.2, 0.25) is 0 Å². The van der Waals surface area contributed by atoms with Crippen molar-refractivity contribution in [2.45, 2.75) is 18.4 Å². The van der Waals surface area contributed by atoms with E-state index in [1.54, 1.807) is 13.0 Å². The molecule has 1 aromatic rings. The zero-order chi connectivity index (χ0) is 17.8. The number of aromatic nitrogens is 1. The third-order valence-corrected chi connectivity index (χ3v) is 4.60. The summed E-state index contributed by atoms with van der Waals surface area (Å²) in [6, 6.07) is 5.07. The monoisotopic (exact) mass is 358 g/mol. The van der Waals surface area contributed by atoms with Crippen molar-refractivity contribution in [2.24, 2.45) is 5.92 Å². The lowest BCUT2D eigenvalue weighted by Crippen LogP contribution is -2.45. The molecule has 1 aromatic heterocycles. The maximum absolute atomic E-state index is 12.4. The Hall–Kier alpha value is -2.20. The summed E-state index contributed by atoms with van der Waals surface area (Å²) in [7, 11) is 0.